The molecular weight excluding hydrogens is 98.1 g/mol. The summed E-state index contributed by atoms with van der Waals surface area (Å²) in [4.78, 5) is 3.57. The Labute approximate surface area is 40.1 Å². The average Bonchev–Trinajstić information content (AvgIpc) is 1.72. The van der Waals surface area contributed by atoms with E-state index in [0.717, 1.165) is 12.0 Å². The van der Waals surface area contributed by atoms with Crippen molar-refractivity contribution in [1.29, 1.82) is 0 Å². The summed E-state index contributed by atoms with van der Waals surface area (Å²) in [6.07, 6.45) is 2.91. The summed E-state index contributed by atoms with van der Waals surface area (Å²) in [6, 6.07) is 0. The fourth-order valence-corrected chi connectivity index (χ4v) is 0.409. The molecule has 1 aliphatic rings. The van der Waals surface area contributed by atoms with Gasteiger partial charge in [-0.25, -0.2) is 4.99 Å². The molecule has 0 unspecified atom stereocenters. The summed E-state index contributed by atoms with van der Waals surface area (Å²) in [7, 11) is 0. The molecule has 0 saturated carbocycles. The van der Waals surface area contributed by atoms with Crippen molar-refractivity contribution in [3.05, 3.63) is 11.6 Å². The van der Waals surface area contributed by atoms with E-state index in [9.17, 15) is 0 Å². The molecule has 2 nitrogen and oxygen atoms in total. The Hall–Kier alpha value is -0.440. The third-order valence-electron chi connectivity index (χ3n) is 0.327. The minimum Gasteiger partial charge on any atom is -0.408 e. The van der Waals surface area contributed by atoms with Crippen molar-refractivity contribution < 1.29 is 4.18 Å². The van der Waals surface area contributed by atoms with Crippen molar-refractivity contribution in [2.45, 2.75) is 0 Å². The second kappa shape index (κ2) is 1.87. The normalized spacial score (nSPS) is 17.3. The lowest BCUT2D eigenvalue weighted by Gasteiger charge is -1.89. The molecule has 0 fully saturated rings. The Morgan fingerprint density at radius 2 is 2.83 bits per heavy atom. The molecule has 0 bridgehead atoms. The Balaban J connectivity index is 2.46. The van der Waals surface area contributed by atoms with E-state index in [2.05, 4.69) is 14.6 Å². The first kappa shape index (κ1) is 3.74. The Morgan fingerprint density at radius 3 is 3.00 bits per heavy atom. The van der Waals surface area contributed by atoms with Gasteiger partial charge in [0, 0.05) is 6.20 Å². The van der Waals surface area contributed by atoms with Crippen LogP contribution in [-0.2, 0) is 4.18 Å². The van der Waals surface area contributed by atoms with E-state index in [1.807, 2.05) is 0 Å². The average molecular weight is 100 g/mol. The SMILES string of the molecule is [C]1=CN=COS1. The van der Waals surface area contributed by atoms with Crippen LogP contribution in [0.5, 0.6) is 0 Å². The molecule has 31 valence electrons. The van der Waals surface area contributed by atoms with Gasteiger partial charge in [0.1, 0.15) is 0 Å². The molecule has 0 aromatic heterocycles. The molecule has 3 heteroatoms. The fourth-order valence-electron chi connectivity index (χ4n) is 0.157. The quantitative estimate of drug-likeness (QED) is 0.423. The van der Waals surface area contributed by atoms with Crippen LogP contribution in [0.15, 0.2) is 11.2 Å². The van der Waals surface area contributed by atoms with Gasteiger partial charge in [-0.15, -0.1) is 0 Å². The third kappa shape index (κ3) is 0.755. The van der Waals surface area contributed by atoms with Gasteiger partial charge in [-0.1, -0.05) is 0 Å². The van der Waals surface area contributed by atoms with E-state index in [1.165, 1.54) is 6.40 Å². The first-order chi connectivity index (χ1) is 3.00. The lowest BCUT2D eigenvalue weighted by molar-refractivity contribution is 0.675. The molecule has 0 N–H and O–H groups in total. The Kier molecular flexibility index (Phi) is 1.17. The van der Waals surface area contributed by atoms with Crippen LogP contribution in [0.4, 0.5) is 0 Å². The van der Waals surface area contributed by atoms with E-state index < -0.39 is 0 Å². The smallest absolute Gasteiger partial charge is 0.191 e. The van der Waals surface area contributed by atoms with Crippen molar-refractivity contribution >= 4 is 18.4 Å². The van der Waals surface area contributed by atoms with Gasteiger partial charge in [0.05, 0.1) is 17.5 Å². The molecule has 0 spiro atoms. The van der Waals surface area contributed by atoms with Crippen molar-refractivity contribution in [2.24, 2.45) is 4.99 Å². The Bertz CT molecular complexity index is 76.8. The van der Waals surface area contributed by atoms with Gasteiger partial charge in [0.15, 0.2) is 6.40 Å². The van der Waals surface area contributed by atoms with E-state index in [4.69, 9.17) is 0 Å². The molecule has 0 aliphatic carbocycles. The van der Waals surface area contributed by atoms with Gasteiger partial charge in [-0.2, -0.15) is 0 Å². The van der Waals surface area contributed by atoms with E-state index in [0.29, 0.717) is 0 Å². The van der Waals surface area contributed by atoms with E-state index in [-0.39, 0.29) is 0 Å². The molecule has 1 rings (SSSR count). The third-order valence-corrected chi connectivity index (χ3v) is 0.711. The van der Waals surface area contributed by atoms with Crippen LogP contribution in [0.3, 0.4) is 0 Å². The zero-order chi connectivity index (χ0) is 4.24. The second-order valence-corrected chi connectivity index (χ2v) is 1.28. The van der Waals surface area contributed by atoms with Gasteiger partial charge in [-0.3, -0.25) is 0 Å². The highest BCUT2D eigenvalue weighted by molar-refractivity contribution is 7.96. The van der Waals surface area contributed by atoms with Crippen LogP contribution in [0.25, 0.3) is 0 Å². The molecule has 0 amide bonds. The van der Waals surface area contributed by atoms with Crippen LogP contribution in [0.1, 0.15) is 0 Å². The molecule has 0 saturated heterocycles. The fraction of sp³-hybridized carbons (Fsp3) is 0. The molecule has 1 aliphatic heterocycles. The van der Waals surface area contributed by atoms with Crippen LogP contribution in [-0.4, -0.2) is 6.40 Å². The highest BCUT2D eigenvalue weighted by atomic mass is 32.2. The molecular formula is C3H2NOS. The highest BCUT2D eigenvalue weighted by Crippen LogP contribution is 2.03. The predicted octanol–water partition coefficient (Wildman–Crippen LogP) is 0.967. The van der Waals surface area contributed by atoms with Crippen molar-refractivity contribution in [1.82, 2.24) is 0 Å². The van der Waals surface area contributed by atoms with Gasteiger partial charge in [0.25, 0.3) is 0 Å². The maximum absolute atomic E-state index is 4.55. The summed E-state index contributed by atoms with van der Waals surface area (Å²) >= 11 is 1.14. The van der Waals surface area contributed by atoms with Crippen LogP contribution >= 0.6 is 12.0 Å². The predicted molar refractivity (Wildman–Crippen MR) is 25.0 cm³/mol. The minimum atomic E-state index is 1.14. The van der Waals surface area contributed by atoms with Crippen LogP contribution < -0.4 is 0 Å². The molecule has 1 radical (unpaired) electrons. The number of hydrogen-bond acceptors (Lipinski definition) is 3. The molecule has 1 heterocycles. The second-order valence-electron chi connectivity index (χ2n) is 0.681. The molecule has 0 aromatic carbocycles. The monoisotopic (exact) mass is 100.0 g/mol. The Morgan fingerprint density at radius 1 is 1.83 bits per heavy atom. The summed E-state index contributed by atoms with van der Waals surface area (Å²) in [6.45, 7) is 0. The van der Waals surface area contributed by atoms with Crippen LogP contribution in [0, 0.1) is 5.41 Å². The summed E-state index contributed by atoms with van der Waals surface area (Å²) in [5, 5.41) is 2.66. The van der Waals surface area contributed by atoms with Crippen LogP contribution in [0.2, 0.25) is 0 Å². The van der Waals surface area contributed by atoms with Crippen molar-refractivity contribution in [2.75, 3.05) is 0 Å². The minimum absolute atomic E-state index is 1.14. The number of nitrogens with zero attached hydrogens (tertiary/aromatic N) is 1. The van der Waals surface area contributed by atoms with Gasteiger partial charge >= 0.3 is 0 Å². The highest BCUT2D eigenvalue weighted by Gasteiger charge is 1.80. The van der Waals surface area contributed by atoms with E-state index >= 15 is 0 Å². The number of aliphatic imine (C=N–C) groups is 1. The largest absolute Gasteiger partial charge is 0.408 e. The molecule has 0 atom stereocenters. The maximum Gasteiger partial charge on any atom is 0.191 e. The zero-order valence-electron chi connectivity index (χ0n) is 2.92. The van der Waals surface area contributed by atoms with Gasteiger partial charge in [0.2, 0.25) is 0 Å². The zero-order valence-corrected chi connectivity index (χ0v) is 3.73. The number of rotatable bonds is 0. The van der Waals surface area contributed by atoms with E-state index in [1.54, 1.807) is 6.20 Å². The first-order valence-corrected chi connectivity index (χ1v) is 2.15. The summed E-state index contributed by atoms with van der Waals surface area (Å²) in [5.41, 5.74) is 0. The summed E-state index contributed by atoms with van der Waals surface area (Å²) < 4.78 is 4.55. The van der Waals surface area contributed by atoms with Crippen molar-refractivity contribution in [3.63, 3.8) is 0 Å². The lowest BCUT2D eigenvalue weighted by atomic mass is 11.0. The molecule has 6 heavy (non-hydrogen) atoms. The lowest BCUT2D eigenvalue weighted by Crippen LogP contribution is -1.74. The summed E-state index contributed by atoms with van der Waals surface area (Å²) in [5.74, 6) is 0. The molecule has 0 aromatic rings. The topological polar surface area (TPSA) is 21.6 Å². The van der Waals surface area contributed by atoms with Gasteiger partial charge < -0.3 is 4.18 Å². The standard InChI is InChI=1S/C3H2NOS/c1-2-6-5-3-4-1/h1,3H. The number of hydrogen-bond donors (Lipinski definition) is 0. The van der Waals surface area contributed by atoms with Gasteiger partial charge in [-0.05, 0) is 0 Å². The maximum atomic E-state index is 4.55. The first-order valence-electron chi connectivity index (χ1n) is 1.41. The van der Waals surface area contributed by atoms with Crippen molar-refractivity contribution in [3.8, 4) is 0 Å².